The summed E-state index contributed by atoms with van der Waals surface area (Å²) in [7, 11) is 0. The van der Waals surface area contributed by atoms with Gasteiger partial charge < -0.3 is 15.2 Å². The number of pyridine rings is 1. The zero-order valence-corrected chi connectivity index (χ0v) is 12.2. The average Bonchev–Trinajstić information content (AvgIpc) is 2.42. The fraction of sp³-hybridized carbons (Fsp3) is 0.538. The van der Waals surface area contributed by atoms with Gasteiger partial charge in [-0.1, -0.05) is 13.8 Å². The molecular weight excluding hydrogens is 278 g/mol. The van der Waals surface area contributed by atoms with Crippen LogP contribution in [0, 0.1) is 16.0 Å². The molecular formula is C13H19N3O5. The van der Waals surface area contributed by atoms with Crippen LogP contribution in [-0.2, 0) is 4.74 Å². The van der Waals surface area contributed by atoms with Crippen molar-refractivity contribution in [2.75, 3.05) is 18.5 Å². The molecule has 1 atom stereocenters. The summed E-state index contributed by atoms with van der Waals surface area (Å²) in [5.41, 5.74) is -0.588. The highest BCUT2D eigenvalue weighted by Gasteiger charge is 2.22. The van der Waals surface area contributed by atoms with E-state index in [4.69, 9.17) is 9.84 Å². The Hall–Kier alpha value is -2.22. The zero-order valence-electron chi connectivity index (χ0n) is 12.2. The molecule has 0 aliphatic heterocycles. The summed E-state index contributed by atoms with van der Waals surface area (Å²) in [5.74, 6) is -1.05. The van der Waals surface area contributed by atoms with Crippen molar-refractivity contribution in [3.8, 4) is 0 Å². The van der Waals surface area contributed by atoms with Crippen LogP contribution in [-0.4, -0.2) is 40.2 Å². The predicted molar refractivity (Wildman–Crippen MR) is 76.6 cm³/mol. The first-order valence-corrected chi connectivity index (χ1v) is 6.58. The van der Waals surface area contributed by atoms with Gasteiger partial charge in [-0.15, -0.1) is 0 Å². The standard InChI is InChI=1S/C13H19N3O5/c1-4-21-7-10(8(2)3)15-12-11(16(19)20)5-9(6-14-12)13(17)18/h5-6,8,10H,4,7H2,1-3H3,(H,14,15)(H,17,18). The first-order valence-electron chi connectivity index (χ1n) is 6.58. The van der Waals surface area contributed by atoms with E-state index in [0.717, 1.165) is 12.3 Å². The molecule has 1 rings (SSSR count). The fourth-order valence-electron chi connectivity index (χ4n) is 1.64. The third kappa shape index (κ3) is 4.67. The molecule has 116 valence electrons. The van der Waals surface area contributed by atoms with Gasteiger partial charge in [-0.3, -0.25) is 10.1 Å². The molecule has 2 N–H and O–H groups in total. The van der Waals surface area contributed by atoms with Gasteiger partial charge in [0, 0.05) is 18.9 Å². The summed E-state index contributed by atoms with van der Waals surface area (Å²) in [4.78, 5) is 25.1. The van der Waals surface area contributed by atoms with Gasteiger partial charge in [0.05, 0.1) is 23.1 Å². The second-order valence-corrected chi connectivity index (χ2v) is 4.81. The van der Waals surface area contributed by atoms with Gasteiger partial charge in [-0.05, 0) is 12.8 Å². The van der Waals surface area contributed by atoms with E-state index in [0.29, 0.717) is 13.2 Å². The van der Waals surface area contributed by atoms with Crippen molar-refractivity contribution in [2.24, 2.45) is 5.92 Å². The lowest BCUT2D eigenvalue weighted by Gasteiger charge is -2.22. The van der Waals surface area contributed by atoms with Crippen LogP contribution in [0.3, 0.4) is 0 Å². The summed E-state index contributed by atoms with van der Waals surface area (Å²) in [6.45, 7) is 6.69. The van der Waals surface area contributed by atoms with Gasteiger partial charge in [-0.25, -0.2) is 9.78 Å². The Morgan fingerprint density at radius 3 is 2.71 bits per heavy atom. The Morgan fingerprint density at radius 1 is 1.57 bits per heavy atom. The molecule has 0 saturated carbocycles. The lowest BCUT2D eigenvalue weighted by molar-refractivity contribution is -0.384. The minimum absolute atomic E-state index is 0.0448. The lowest BCUT2D eigenvalue weighted by Crippen LogP contribution is -2.31. The highest BCUT2D eigenvalue weighted by Crippen LogP contribution is 2.24. The van der Waals surface area contributed by atoms with Gasteiger partial charge in [-0.2, -0.15) is 0 Å². The third-order valence-electron chi connectivity index (χ3n) is 2.94. The first kappa shape index (κ1) is 16.8. The molecule has 8 heteroatoms. The van der Waals surface area contributed by atoms with Gasteiger partial charge >= 0.3 is 11.7 Å². The molecule has 0 spiro atoms. The average molecular weight is 297 g/mol. The molecule has 0 saturated heterocycles. The van der Waals surface area contributed by atoms with Gasteiger partial charge in [0.15, 0.2) is 0 Å². The molecule has 0 aromatic carbocycles. The number of aromatic carboxylic acids is 1. The van der Waals surface area contributed by atoms with E-state index < -0.39 is 10.9 Å². The Morgan fingerprint density at radius 2 is 2.24 bits per heavy atom. The maximum atomic E-state index is 11.1. The van der Waals surface area contributed by atoms with Gasteiger partial charge in [0.2, 0.25) is 5.82 Å². The van der Waals surface area contributed by atoms with Crippen molar-refractivity contribution < 1.29 is 19.6 Å². The van der Waals surface area contributed by atoms with Crippen LogP contribution in [0.5, 0.6) is 0 Å². The smallest absolute Gasteiger partial charge is 0.337 e. The van der Waals surface area contributed by atoms with E-state index >= 15 is 0 Å². The minimum Gasteiger partial charge on any atom is -0.478 e. The normalized spacial score (nSPS) is 12.2. The molecule has 0 aliphatic rings. The van der Waals surface area contributed by atoms with Crippen molar-refractivity contribution in [1.82, 2.24) is 4.98 Å². The molecule has 21 heavy (non-hydrogen) atoms. The van der Waals surface area contributed by atoms with Gasteiger partial charge in [0.25, 0.3) is 0 Å². The van der Waals surface area contributed by atoms with Crippen LogP contribution in [0.4, 0.5) is 11.5 Å². The van der Waals surface area contributed by atoms with Crippen LogP contribution in [0.15, 0.2) is 12.3 Å². The molecule has 1 heterocycles. The molecule has 0 aliphatic carbocycles. The molecule has 0 radical (unpaired) electrons. The summed E-state index contributed by atoms with van der Waals surface area (Å²) >= 11 is 0. The summed E-state index contributed by atoms with van der Waals surface area (Å²) in [6.07, 6.45) is 1.09. The molecule has 0 amide bonds. The number of carboxylic acids is 1. The van der Waals surface area contributed by atoms with Crippen molar-refractivity contribution >= 4 is 17.5 Å². The van der Waals surface area contributed by atoms with Crippen LogP contribution < -0.4 is 5.32 Å². The zero-order chi connectivity index (χ0) is 16.0. The number of carbonyl (C=O) groups is 1. The Bertz CT molecular complexity index is 519. The number of carboxylic acid groups (broad SMARTS) is 1. The van der Waals surface area contributed by atoms with Crippen molar-refractivity contribution in [1.29, 1.82) is 0 Å². The molecule has 0 bridgehead atoms. The molecule has 1 unspecified atom stereocenters. The third-order valence-corrected chi connectivity index (χ3v) is 2.94. The number of nitro groups is 1. The largest absolute Gasteiger partial charge is 0.478 e. The molecule has 1 aromatic heterocycles. The number of nitrogens with zero attached hydrogens (tertiary/aromatic N) is 2. The molecule has 1 aromatic rings. The summed E-state index contributed by atoms with van der Waals surface area (Å²) < 4.78 is 5.34. The van der Waals surface area contributed by atoms with Crippen LogP contribution in [0.2, 0.25) is 0 Å². The number of rotatable bonds is 8. The fourth-order valence-corrected chi connectivity index (χ4v) is 1.64. The number of aromatic nitrogens is 1. The number of ether oxygens (including phenoxy) is 1. The molecule has 0 fully saturated rings. The topological polar surface area (TPSA) is 115 Å². The monoisotopic (exact) mass is 297 g/mol. The minimum atomic E-state index is -1.26. The highest BCUT2D eigenvalue weighted by atomic mass is 16.6. The Labute approximate surface area is 122 Å². The van der Waals surface area contributed by atoms with Crippen molar-refractivity contribution in [3.05, 3.63) is 27.9 Å². The Kier molecular flexibility index (Phi) is 6.04. The maximum absolute atomic E-state index is 11.1. The second kappa shape index (κ2) is 7.53. The molecule has 8 nitrogen and oxygen atoms in total. The van der Waals surface area contributed by atoms with E-state index in [1.54, 1.807) is 0 Å². The van der Waals surface area contributed by atoms with E-state index in [1.807, 2.05) is 20.8 Å². The van der Waals surface area contributed by atoms with E-state index in [1.165, 1.54) is 0 Å². The van der Waals surface area contributed by atoms with E-state index in [-0.39, 0.29) is 29.0 Å². The van der Waals surface area contributed by atoms with Gasteiger partial charge in [0.1, 0.15) is 0 Å². The number of anilines is 1. The number of hydrogen-bond acceptors (Lipinski definition) is 6. The summed E-state index contributed by atoms with van der Waals surface area (Å²) in [5, 5.41) is 22.9. The maximum Gasteiger partial charge on any atom is 0.337 e. The van der Waals surface area contributed by atoms with Crippen LogP contribution in [0.1, 0.15) is 31.1 Å². The second-order valence-electron chi connectivity index (χ2n) is 4.81. The van der Waals surface area contributed by atoms with E-state index in [2.05, 4.69) is 10.3 Å². The highest BCUT2D eigenvalue weighted by molar-refractivity contribution is 5.88. The van der Waals surface area contributed by atoms with Crippen LogP contribution in [0.25, 0.3) is 0 Å². The Balaban J connectivity index is 3.05. The number of hydrogen-bond donors (Lipinski definition) is 2. The van der Waals surface area contributed by atoms with E-state index in [9.17, 15) is 14.9 Å². The van der Waals surface area contributed by atoms with Crippen molar-refractivity contribution in [3.63, 3.8) is 0 Å². The quantitative estimate of drug-likeness (QED) is 0.558. The lowest BCUT2D eigenvalue weighted by atomic mass is 10.1. The SMILES string of the molecule is CCOCC(Nc1ncc(C(=O)O)cc1[N+](=O)[O-])C(C)C. The number of nitrogens with one attached hydrogen (secondary N) is 1. The first-order chi connectivity index (χ1) is 9.86. The van der Waals surface area contributed by atoms with Crippen LogP contribution >= 0.6 is 0 Å². The van der Waals surface area contributed by atoms with Crippen molar-refractivity contribution in [2.45, 2.75) is 26.8 Å². The predicted octanol–water partition coefficient (Wildman–Crippen LogP) is 2.16. The summed E-state index contributed by atoms with van der Waals surface area (Å²) in [6, 6.07) is 0.835.